The zero-order chi connectivity index (χ0) is 14.7. The molecule has 1 aliphatic carbocycles. The molecule has 20 heavy (non-hydrogen) atoms. The molecule has 0 spiro atoms. The summed E-state index contributed by atoms with van der Waals surface area (Å²) in [5.74, 6) is -0.0979. The van der Waals surface area contributed by atoms with Gasteiger partial charge >= 0.3 is 5.97 Å². The maximum atomic E-state index is 11.0. The highest BCUT2D eigenvalue weighted by atomic mass is 16.4. The van der Waals surface area contributed by atoms with E-state index in [9.17, 15) is 4.79 Å². The van der Waals surface area contributed by atoms with Crippen molar-refractivity contribution >= 4 is 17.3 Å². The van der Waals surface area contributed by atoms with Crippen LogP contribution < -0.4 is 10.6 Å². The third kappa shape index (κ3) is 3.06. The SMILES string of the molecule is CCC1CCC(N(C)c2ccc(C(=O)O)c(N)c2)CC1. The summed E-state index contributed by atoms with van der Waals surface area (Å²) >= 11 is 0. The average molecular weight is 276 g/mol. The Hall–Kier alpha value is -1.71. The van der Waals surface area contributed by atoms with E-state index in [0.717, 1.165) is 11.6 Å². The molecule has 1 aromatic carbocycles. The highest BCUT2D eigenvalue weighted by molar-refractivity contribution is 5.94. The van der Waals surface area contributed by atoms with Gasteiger partial charge in [-0.2, -0.15) is 0 Å². The smallest absolute Gasteiger partial charge is 0.337 e. The van der Waals surface area contributed by atoms with Crippen molar-refractivity contribution in [1.82, 2.24) is 0 Å². The third-order valence-electron chi connectivity index (χ3n) is 4.61. The molecule has 3 N–H and O–H groups in total. The number of carboxylic acids is 1. The summed E-state index contributed by atoms with van der Waals surface area (Å²) in [7, 11) is 2.08. The van der Waals surface area contributed by atoms with Gasteiger partial charge in [0.05, 0.1) is 5.56 Å². The van der Waals surface area contributed by atoms with Gasteiger partial charge < -0.3 is 15.7 Å². The second kappa shape index (κ2) is 6.16. The molecule has 0 unspecified atom stereocenters. The molecule has 0 aromatic heterocycles. The molecular formula is C16H24N2O2. The maximum Gasteiger partial charge on any atom is 0.337 e. The highest BCUT2D eigenvalue weighted by Gasteiger charge is 2.23. The van der Waals surface area contributed by atoms with Crippen molar-refractivity contribution in [2.24, 2.45) is 5.92 Å². The van der Waals surface area contributed by atoms with Gasteiger partial charge in [-0.1, -0.05) is 13.3 Å². The van der Waals surface area contributed by atoms with Gasteiger partial charge in [-0.3, -0.25) is 0 Å². The van der Waals surface area contributed by atoms with Crippen molar-refractivity contribution in [3.63, 3.8) is 0 Å². The van der Waals surface area contributed by atoms with Crippen LogP contribution in [-0.4, -0.2) is 24.2 Å². The summed E-state index contributed by atoms with van der Waals surface area (Å²) in [6.45, 7) is 2.26. The van der Waals surface area contributed by atoms with E-state index in [1.54, 1.807) is 12.1 Å². The van der Waals surface area contributed by atoms with Crippen molar-refractivity contribution in [1.29, 1.82) is 0 Å². The summed E-state index contributed by atoms with van der Waals surface area (Å²) in [5.41, 5.74) is 7.35. The molecule has 4 heteroatoms. The molecule has 1 aliphatic rings. The zero-order valence-corrected chi connectivity index (χ0v) is 12.3. The predicted molar refractivity (Wildman–Crippen MR) is 82.3 cm³/mol. The number of nitrogens with zero attached hydrogens (tertiary/aromatic N) is 1. The maximum absolute atomic E-state index is 11.0. The molecule has 0 radical (unpaired) electrons. The number of aromatic carboxylic acids is 1. The molecule has 4 nitrogen and oxygen atoms in total. The topological polar surface area (TPSA) is 66.6 Å². The number of carboxylic acid groups (broad SMARTS) is 1. The molecule has 0 atom stereocenters. The lowest BCUT2D eigenvalue weighted by molar-refractivity contribution is 0.0698. The number of benzene rings is 1. The summed E-state index contributed by atoms with van der Waals surface area (Å²) in [6.07, 6.45) is 6.25. The van der Waals surface area contributed by atoms with Crippen LogP contribution in [0.2, 0.25) is 0 Å². The third-order valence-corrected chi connectivity index (χ3v) is 4.61. The van der Waals surface area contributed by atoms with E-state index in [2.05, 4.69) is 18.9 Å². The lowest BCUT2D eigenvalue weighted by Gasteiger charge is -2.36. The van der Waals surface area contributed by atoms with Gasteiger partial charge in [-0.15, -0.1) is 0 Å². The lowest BCUT2D eigenvalue weighted by atomic mass is 9.84. The molecule has 1 fully saturated rings. The molecule has 2 rings (SSSR count). The number of rotatable bonds is 4. The van der Waals surface area contributed by atoms with E-state index >= 15 is 0 Å². The highest BCUT2D eigenvalue weighted by Crippen LogP contribution is 2.32. The van der Waals surface area contributed by atoms with Crippen LogP contribution in [0.4, 0.5) is 11.4 Å². The Morgan fingerprint density at radius 2 is 2.00 bits per heavy atom. The molecule has 1 saturated carbocycles. The van der Waals surface area contributed by atoms with Gasteiger partial charge in [0.25, 0.3) is 0 Å². The number of hydrogen-bond acceptors (Lipinski definition) is 3. The van der Waals surface area contributed by atoms with E-state index in [4.69, 9.17) is 10.8 Å². The fourth-order valence-electron chi connectivity index (χ4n) is 3.12. The Morgan fingerprint density at radius 1 is 1.35 bits per heavy atom. The number of nitrogens with two attached hydrogens (primary N) is 1. The van der Waals surface area contributed by atoms with Crippen molar-refractivity contribution in [2.45, 2.75) is 45.1 Å². The minimum absolute atomic E-state index is 0.178. The molecule has 110 valence electrons. The van der Waals surface area contributed by atoms with Crippen LogP contribution in [0.15, 0.2) is 18.2 Å². The molecular weight excluding hydrogens is 252 g/mol. The van der Waals surface area contributed by atoms with E-state index in [0.29, 0.717) is 11.7 Å². The summed E-state index contributed by atoms with van der Waals surface area (Å²) in [6, 6.07) is 5.76. The Morgan fingerprint density at radius 3 is 2.50 bits per heavy atom. The molecule has 0 bridgehead atoms. The first kappa shape index (κ1) is 14.7. The van der Waals surface area contributed by atoms with Crippen LogP contribution in [-0.2, 0) is 0 Å². The minimum atomic E-state index is -0.972. The van der Waals surface area contributed by atoms with Crippen LogP contribution in [0.25, 0.3) is 0 Å². The van der Waals surface area contributed by atoms with Crippen molar-refractivity contribution in [3.8, 4) is 0 Å². The van der Waals surface area contributed by atoms with E-state index in [-0.39, 0.29) is 5.56 Å². The van der Waals surface area contributed by atoms with Crippen LogP contribution >= 0.6 is 0 Å². The van der Waals surface area contributed by atoms with Gasteiger partial charge in [0.2, 0.25) is 0 Å². The number of nitrogen functional groups attached to an aromatic ring is 1. The first-order valence-corrected chi connectivity index (χ1v) is 7.38. The van der Waals surface area contributed by atoms with E-state index in [1.165, 1.54) is 32.1 Å². The van der Waals surface area contributed by atoms with E-state index in [1.807, 2.05) is 6.07 Å². The summed E-state index contributed by atoms with van der Waals surface area (Å²) < 4.78 is 0. The first-order valence-electron chi connectivity index (χ1n) is 7.38. The van der Waals surface area contributed by atoms with Crippen LogP contribution in [0.1, 0.15) is 49.4 Å². The lowest BCUT2D eigenvalue weighted by Crippen LogP contribution is -2.35. The van der Waals surface area contributed by atoms with Crippen molar-refractivity contribution < 1.29 is 9.90 Å². The van der Waals surface area contributed by atoms with Gasteiger partial charge in [0, 0.05) is 24.5 Å². The largest absolute Gasteiger partial charge is 0.478 e. The molecule has 0 amide bonds. The fourth-order valence-corrected chi connectivity index (χ4v) is 3.12. The van der Waals surface area contributed by atoms with Crippen LogP contribution in [0, 0.1) is 5.92 Å². The van der Waals surface area contributed by atoms with Crippen molar-refractivity contribution in [3.05, 3.63) is 23.8 Å². The predicted octanol–water partition coefficient (Wildman–Crippen LogP) is 3.37. The Balaban J connectivity index is 2.08. The Bertz CT molecular complexity index is 479. The monoisotopic (exact) mass is 276 g/mol. The van der Waals surface area contributed by atoms with Gasteiger partial charge in [0.15, 0.2) is 0 Å². The fraction of sp³-hybridized carbons (Fsp3) is 0.562. The minimum Gasteiger partial charge on any atom is -0.478 e. The van der Waals surface area contributed by atoms with Gasteiger partial charge in [-0.05, 0) is 49.8 Å². The average Bonchev–Trinajstić information content (AvgIpc) is 2.46. The van der Waals surface area contributed by atoms with Crippen molar-refractivity contribution in [2.75, 3.05) is 17.7 Å². The molecule has 1 aromatic rings. The number of anilines is 2. The van der Waals surface area contributed by atoms with E-state index < -0.39 is 5.97 Å². The Labute approximate surface area is 120 Å². The second-order valence-electron chi connectivity index (χ2n) is 5.77. The zero-order valence-electron chi connectivity index (χ0n) is 12.3. The molecule has 0 heterocycles. The standard InChI is InChI=1S/C16H24N2O2/c1-3-11-4-6-12(7-5-11)18(2)13-8-9-14(16(19)20)15(17)10-13/h8-12H,3-7,17H2,1-2H3,(H,19,20). The second-order valence-corrected chi connectivity index (χ2v) is 5.77. The quantitative estimate of drug-likeness (QED) is 0.827. The van der Waals surface area contributed by atoms with Gasteiger partial charge in [0.1, 0.15) is 0 Å². The molecule has 0 aliphatic heterocycles. The molecule has 0 saturated heterocycles. The van der Waals surface area contributed by atoms with Crippen LogP contribution in [0.3, 0.4) is 0 Å². The Kier molecular flexibility index (Phi) is 4.53. The summed E-state index contributed by atoms with van der Waals surface area (Å²) in [4.78, 5) is 13.2. The van der Waals surface area contributed by atoms with Crippen LogP contribution in [0.5, 0.6) is 0 Å². The summed E-state index contributed by atoms with van der Waals surface area (Å²) in [5, 5.41) is 9.01. The number of hydrogen-bond donors (Lipinski definition) is 2. The van der Waals surface area contributed by atoms with Gasteiger partial charge in [-0.25, -0.2) is 4.79 Å². The normalized spacial score (nSPS) is 22.5. The number of carbonyl (C=O) groups is 1. The first-order chi connectivity index (χ1) is 9.52.